The van der Waals surface area contributed by atoms with Gasteiger partial charge in [0.15, 0.2) is 11.4 Å². The van der Waals surface area contributed by atoms with E-state index in [1.807, 2.05) is 12.4 Å². The lowest BCUT2D eigenvalue weighted by Crippen LogP contribution is -2.32. The Labute approximate surface area is 143 Å². The number of nitrogens with zero attached hydrogens (tertiary/aromatic N) is 2. The van der Waals surface area contributed by atoms with E-state index in [0.717, 1.165) is 24.5 Å². The normalized spacial score (nSPS) is 21.0. The van der Waals surface area contributed by atoms with Gasteiger partial charge in [-0.1, -0.05) is 26.2 Å². The number of pyridine rings is 1. The van der Waals surface area contributed by atoms with Crippen LogP contribution in [0.1, 0.15) is 57.6 Å². The van der Waals surface area contributed by atoms with Crippen LogP contribution < -0.4 is 5.32 Å². The number of fused-ring (bicyclic) bond motifs is 1. The minimum absolute atomic E-state index is 0.144. The van der Waals surface area contributed by atoms with Crippen molar-refractivity contribution in [2.45, 2.75) is 58.4 Å². The summed E-state index contributed by atoms with van der Waals surface area (Å²) in [6, 6.07) is 3.38. The fourth-order valence-electron chi connectivity index (χ4n) is 3.66. The summed E-state index contributed by atoms with van der Waals surface area (Å²) in [5.74, 6) is 1.26. The molecule has 3 rings (SSSR count). The van der Waals surface area contributed by atoms with Crippen molar-refractivity contribution in [1.82, 2.24) is 14.7 Å². The molecular formula is C19H27N3O2. The molecule has 5 heteroatoms. The molecule has 0 aromatic carbocycles. The first-order valence-electron chi connectivity index (χ1n) is 9.10. The summed E-state index contributed by atoms with van der Waals surface area (Å²) in [6.45, 7) is 2.65. The lowest BCUT2D eigenvalue weighted by molar-refractivity contribution is -0.126. The van der Waals surface area contributed by atoms with E-state index in [1.54, 1.807) is 16.5 Å². The van der Waals surface area contributed by atoms with Gasteiger partial charge in [0.05, 0.1) is 12.2 Å². The standard InChI is InChI=1S/C19H27N3O2/c1-2-3-5-14-7-9-15(10-8-14)19(24)20-12-16-13-22-11-4-6-17(23)18(22)21-16/h4,6,11,13-15,23H,2-3,5,7-10,12H2,1H3,(H,20,24). The molecule has 1 fully saturated rings. The Morgan fingerprint density at radius 1 is 1.38 bits per heavy atom. The van der Waals surface area contributed by atoms with Crippen LogP contribution in [0.5, 0.6) is 5.75 Å². The van der Waals surface area contributed by atoms with E-state index >= 15 is 0 Å². The van der Waals surface area contributed by atoms with E-state index in [9.17, 15) is 9.90 Å². The molecule has 1 amide bonds. The maximum Gasteiger partial charge on any atom is 0.223 e. The molecule has 130 valence electrons. The van der Waals surface area contributed by atoms with Gasteiger partial charge in [0.2, 0.25) is 5.91 Å². The monoisotopic (exact) mass is 329 g/mol. The lowest BCUT2D eigenvalue weighted by Gasteiger charge is -2.27. The number of aromatic nitrogens is 2. The average Bonchev–Trinajstić information content (AvgIpc) is 3.03. The van der Waals surface area contributed by atoms with Crippen LogP contribution in [0.15, 0.2) is 24.5 Å². The van der Waals surface area contributed by atoms with Gasteiger partial charge in [-0.05, 0) is 43.7 Å². The Balaban J connectivity index is 1.49. The number of rotatable bonds is 6. The summed E-state index contributed by atoms with van der Waals surface area (Å²) in [6.07, 6.45) is 11.9. The molecule has 2 N–H and O–H groups in total. The topological polar surface area (TPSA) is 66.6 Å². The van der Waals surface area contributed by atoms with Gasteiger partial charge in [0.1, 0.15) is 0 Å². The van der Waals surface area contributed by atoms with E-state index in [4.69, 9.17) is 0 Å². The average molecular weight is 329 g/mol. The summed E-state index contributed by atoms with van der Waals surface area (Å²) in [4.78, 5) is 16.8. The van der Waals surface area contributed by atoms with Crippen LogP contribution in [0.2, 0.25) is 0 Å². The molecule has 2 aromatic heterocycles. The lowest BCUT2D eigenvalue weighted by atomic mass is 9.79. The Morgan fingerprint density at radius 2 is 2.17 bits per heavy atom. The van der Waals surface area contributed by atoms with E-state index in [-0.39, 0.29) is 17.6 Å². The van der Waals surface area contributed by atoms with Gasteiger partial charge >= 0.3 is 0 Å². The molecule has 2 heterocycles. The molecule has 1 aliphatic carbocycles. The second kappa shape index (κ2) is 7.69. The van der Waals surface area contributed by atoms with Crippen LogP contribution >= 0.6 is 0 Å². The molecule has 24 heavy (non-hydrogen) atoms. The molecule has 5 nitrogen and oxygen atoms in total. The van der Waals surface area contributed by atoms with Gasteiger partial charge in [0, 0.05) is 18.3 Å². The van der Waals surface area contributed by atoms with Crippen molar-refractivity contribution in [3.8, 4) is 5.75 Å². The summed E-state index contributed by atoms with van der Waals surface area (Å²) >= 11 is 0. The number of unbranched alkanes of at least 4 members (excludes halogenated alkanes) is 1. The highest BCUT2D eigenvalue weighted by Gasteiger charge is 2.25. The fourth-order valence-corrected chi connectivity index (χ4v) is 3.66. The highest BCUT2D eigenvalue weighted by molar-refractivity contribution is 5.78. The zero-order valence-corrected chi connectivity index (χ0v) is 14.4. The van der Waals surface area contributed by atoms with Crippen LogP contribution in [0.4, 0.5) is 0 Å². The molecule has 0 radical (unpaired) electrons. The zero-order chi connectivity index (χ0) is 16.9. The number of carbonyl (C=O) groups excluding carboxylic acids is 1. The van der Waals surface area contributed by atoms with Gasteiger partial charge in [-0.15, -0.1) is 0 Å². The first-order valence-corrected chi connectivity index (χ1v) is 9.10. The van der Waals surface area contributed by atoms with Gasteiger partial charge in [0.25, 0.3) is 0 Å². The predicted molar refractivity (Wildman–Crippen MR) is 93.7 cm³/mol. The van der Waals surface area contributed by atoms with Crippen molar-refractivity contribution in [3.63, 3.8) is 0 Å². The third-order valence-electron chi connectivity index (χ3n) is 5.14. The molecule has 0 saturated heterocycles. The summed E-state index contributed by atoms with van der Waals surface area (Å²) in [5, 5.41) is 12.8. The maximum atomic E-state index is 12.4. The van der Waals surface area contributed by atoms with Crippen molar-refractivity contribution in [1.29, 1.82) is 0 Å². The SMILES string of the molecule is CCCCC1CCC(C(=O)NCc2cn3cccc(O)c3n2)CC1. The van der Waals surface area contributed by atoms with Gasteiger partial charge in [-0.2, -0.15) is 0 Å². The van der Waals surface area contributed by atoms with Crippen LogP contribution in [0.3, 0.4) is 0 Å². The quantitative estimate of drug-likeness (QED) is 0.850. The van der Waals surface area contributed by atoms with E-state index in [1.165, 1.54) is 32.1 Å². The second-order valence-corrected chi connectivity index (χ2v) is 6.93. The molecule has 0 aliphatic heterocycles. The van der Waals surface area contributed by atoms with Crippen molar-refractivity contribution < 1.29 is 9.90 Å². The minimum Gasteiger partial charge on any atom is -0.504 e. The van der Waals surface area contributed by atoms with Crippen LogP contribution in [-0.2, 0) is 11.3 Å². The van der Waals surface area contributed by atoms with Gasteiger partial charge < -0.3 is 14.8 Å². The molecular weight excluding hydrogens is 302 g/mol. The molecule has 0 unspecified atom stereocenters. The van der Waals surface area contributed by atoms with Crippen LogP contribution in [0.25, 0.3) is 5.65 Å². The number of amides is 1. The van der Waals surface area contributed by atoms with Crippen molar-refractivity contribution >= 4 is 11.6 Å². The molecule has 2 aromatic rings. The first-order chi connectivity index (χ1) is 11.7. The summed E-state index contributed by atoms with van der Waals surface area (Å²) in [7, 11) is 0. The zero-order valence-electron chi connectivity index (χ0n) is 14.4. The van der Waals surface area contributed by atoms with Crippen molar-refractivity contribution in [2.75, 3.05) is 0 Å². The number of aromatic hydroxyl groups is 1. The molecule has 1 aliphatic rings. The molecule has 0 spiro atoms. The second-order valence-electron chi connectivity index (χ2n) is 6.93. The molecule has 1 saturated carbocycles. The van der Waals surface area contributed by atoms with Crippen molar-refractivity contribution in [2.24, 2.45) is 11.8 Å². The molecule has 0 atom stereocenters. The van der Waals surface area contributed by atoms with Gasteiger partial charge in [-0.25, -0.2) is 4.98 Å². The Morgan fingerprint density at radius 3 is 2.88 bits per heavy atom. The maximum absolute atomic E-state index is 12.4. The number of nitrogens with one attached hydrogen (secondary N) is 1. The van der Waals surface area contributed by atoms with Crippen molar-refractivity contribution in [3.05, 3.63) is 30.2 Å². The third-order valence-corrected chi connectivity index (χ3v) is 5.14. The van der Waals surface area contributed by atoms with Crippen LogP contribution in [0, 0.1) is 11.8 Å². The minimum atomic E-state index is 0.144. The number of carbonyl (C=O) groups is 1. The van der Waals surface area contributed by atoms with Gasteiger partial charge in [-0.3, -0.25) is 4.79 Å². The van der Waals surface area contributed by atoms with Crippen LogP contribution in [-0.4, -0.2) is 20.4 Å². The Bertz CT molecular complexity index is 687. The Hall–Kier alpha value is -2.04. The predicted octanol–water partition coefficient (Wildman–Crippen LogP) is 3.65. The summed E-state index contributed by atoms with van der Waals surface area (Å²) in [5.41, 5.74) is 1.29. The third kappa shape index (κ3) is 3.89. The summed E-state index contributed by atoms with van der Waals surface area (Å²) < 4.78 is 1.77. The number of hydrogen-bond donors (Lipinski definition) is 2. The number of hydrogen-bond acceptors (Lipinski definition) is 3. The molecule has 0 bridgehead atoms. The van der Waals surface area contributed by atoms with E-state index < -0.39 is 0 Å². The smallest absolute Gasteiger partial charge is 0.223 e. The highest BCUT2D eigenvalue weighted by Crippen LogP contribution is 2.32. The number of imidazole rings is 1. The fraction of sp³-hybridized carbons (Fsp3) is 0.579. The first kappa shape index (κ1) is 16.8. The van der Waals surface area contributed by atoms with E-state index in [2.05, 4.69) is 17.2 Å². The highest BCUT2D eigenvalue weighted by atomic mass is 16.3. The van der Waals surface area contributed by atoms with E-state index in [0.29, 0.717) is 12.2 Å². The largest absolute Gasteiger partial charge is 0.504 e. The Kier molecular flexibility index (Phi) is 5.38.